The Balaban J connectivity index is 1.91. The summed E-state index contributed by atoms with van der Waals surface area (Å²) in [6.07, 6.45) is 0. The summed E-state index contributed by atoms with van der Waals surface area (Å²) < 4.78 is 0. The number of nitriles is 1. The van der Waals surface area contributed by atoms with Gasteiger partial charge in [0.2, 0.25) is 5.91 Å². The molecule has 5 nitrogen and oxygen atoms in total. The maximum Gasteiger partial charge on any atom is 0.264 e. The molecule has 0 aromatic heterocycles. The predicted molar refractivity (Wildman–Crippen MR) is 107 cm³/mol. The number of rotatable bonds is 4. The van der Waals surface area contributed by atoms with E-state index in [-0.39, 0.29) is 16.7 Å². The molecule has 1 unspecified atom stereocenters. The molecule has 1 aliphatic rings. The van der Waals surface area contributed by atoms with Gasteiger partial charge in [-0.2, -0.15) is 5.26 Å². The number of aryl methyl sites for hydroxylation is 1. The average molecular weight is 377 g/mol. The molecule has 2 aromatic carbocycles. The van der Waals surface area contributed by atoms with E-state index in [1.807, 2.05) is 67.6 Å². The second kappa shape index (κ2) is 8.11. The molecule has 27 heavy (non-hydrogen) atoms. The van der Waals surface area contributed by atoms with Crippen molar-refractivity contribution in [3.63, 3.8) is 0 Å². The highest BCUT2D eigenvalue weighted by molar-refractivity contribution is 8.05. The second-order valence-corrected chi connectivity index (χ2v) is 7.56. The number of thioether (sulfide) groups is 1. The molecule has 0 aliphatic carbocycles. The van der Waals surface area contributed by atoms with Gasteiger partial charge in [0.05, 0.1) is 5.25 Å². The Bertz CT molecular complexity index is 930. The largest absolute Gasteiger partial charge is 0.347 e. The molecule has 6 heteroatoms. The minimum absolute atomic E-state index is 0.0470. The Morgan fingerprint density at radius 1 is 1.19 bits per heavy atom. The topological polar surface area (TPSA) is 73.2 Å². The lowest BCUT2D eigenvalue weighted by Gasteiger charge is -2.18. The van der Waals surface area contributed by atoms with E-state index in [0.29, 0.717) is 17.3 Å². The number of hydrogen-bond donors (Lipinski definition) is 1. The fraction of sp³-hybridized carbons (Fsp3) is 0.190. The summed E-state index contributed by atoms with van der Waals surface area (Å²) in [5.41, 5.74) is 2.61. The number of anilines is 1. The van der Waals surface area contributed by atoms with Crippen LogP contribution in [0.5, 0.6) is 0 Å². The molecular formula is C21H19N3O2S. The number of nitrogens with one attached hydrogen (secondary N) is 1. The lowest BCUT2D eigenvalue weighted by Crippen LogP contribution is -2.30. The van der Waals surface area contributed by atoms with Gasteiger partial charge in [-0.05, 0) is 31.5 Å². The van der Waals surface area contributed by atoms with Crippen LogP contribution in [0.2, 0.25) is 0 Å². The van der Waals surface area contributed by atoms with Crippen molar-refractivity contribution in [3.05, 3.63) is 76.3 Å². The number of benzene rings is 2. The van der Waals surface area contributed by atoms with Gasteiger partial charge < -0.3 is 5.32 Å². The van der Waals surface area contributed by atoms with Crippen molar-refractivity contribution < 1.29 is 9.59 Å². The summed E-state index contributed by atoms with van der Waals surface area (Å²) in [5.74, 6) is -0.620. The molecule has 1 N–H and O–H groups in total. The Hall–Kier alpha value is -3.04. The summed E-state index contributed by atoms with van der Waals surface area (Å²) in [5, 5.41) is 12.4. The van der Waals surface area contributed by atoms with Crippen molar-refractivity contribution >= 4 is 29.3 Å². The van der Waals surface area contributed by atoms with Crippen molar-refractivity contribution in [1.82, 2.24) is 5.32 Å². The summed E-state index contributed by atoms with van der Waals surface area (Å²) in [6, 6.07) is 18.9. The van der Waals surface area contributed by atoms with Gasteiger partial charge in [-0.15, -0.1) is 0 Å². The molecule has 1 aliphatic heterocycles. The van der Waals surface area contributed by atoms with Crippen molar-refractivity contribution in [3.8, 4) is 6.07 Å². The number of amides is 2. The molecule has 1 saturated heterocycles. The summed E-state index contributed by atoms with van der Waals surface area (Å²) in [7, 11) is 0. The van der Waals surface area contributed by atoms with Crippen molar-refractivity contribution in [2.24, 2.45) is 0 Å². The molecule has 3 rings (SSSR count). The molecule has 136 valence electrons. The van der Waals surface area contributed by atoms with Gasteiger partial charge in [0.25, 0.3) is 5.91 Å². The first-order valence-electron chi connectivity index (χ1n) is 8.55. The third kappa shape index (κ3) is 4.04. The van der Waals surface area contributed by atoms with Crippen molar-refractivity contribution in [2.75, 3.05) is 4.90 Å². The Morgan fingerprint density at radius 2 is 1.85 bits per heavy atom. The zero-order valence-electron chi connectivity index (χ0n) is 15.1. The maximum absolute atomic E-state index is 12.7. The van der Waals surface area contributed by atoms with Gasteiger partial charge in [0.1, 0.15) is 16.7 Å². The van der Waals surface area contributed by atoms with Crippen molar-refractivity contribution in [1.29, 1.82) is 5.26 Å². The molecule has 0 spiro atoms. The zero-order valence-corrected chi connectivity index (χ0v) is 15.9. The van der Waals surface area contributed by atoms with E-state index in [2.05, 4.69) is 5.32 Å². The average Bonchev–Trinajstić information content (AvgIpc) is 2.97. The molecule has 0 saturated carbocycles. The third-order valence-electron chi connectivity index (χ3n) is 4.20. The van der Waals surface area contributed by atoms with Gasteiger partial charge in [-0.3, -0.25) is 14.5 Å². The summed E-state index contributed by atoms with van der Waals surface area (Å²) >= 11 is 1.24. The van der Waals surface area contributed by atoms with Crippen LogP contribution in [0.3, 0.4) is 0 Å². The van der Waals surface area contributed by atoms with Crippen LogP contribution in [0, 0.1) is 18.3 Å². The van der Waals surface area contributed by atoms with E-state index in [1.54, 1.807) is 6.92 Å². The van der Waals surface area contributed by atoms with Crippen LogP contribution in [0.4, 0.5) is 5.69 Å². The van der Waals surface area contributed by atoms with Crippen LogP contribution in [0.15, 0.2) is 65.2 Å². The van der Waals surface area contributed by atoms with E-state index in [9.17, 15) is 14.9 Å². The van der Waals surface area contributed by atoms with Gasteiger partial charge in [0, 0.05) is 12.2 Å². The molecule has 1 heterocycles. The smallest absolute Gasteiger partial charge is 0.264 e. The molecule has 1 fully saturated rings. The maximum atomic E-state index is 12.7. The van der Waals surface area contributed by atoms with E-state index in [4.69, 9.17) is 0 Å². The quantitative estimate of drug-likeness (QED) is 0.654. The first-order chi connectivity index (χ1) is 13.0. The monoisotopic (exact) mass is 377 g/mol. The van der Waals surface area contributed by atoms with Gasteiger partial charge in [-0.1, -0.05) is 59.8 Å². The van der Waals surface area contributed by atoms with Crippen LogP contribution in [-0.4, -0.2) is 17.1 Å². The van der Waals surface area contributed by atoms with E-state index >= 15 is 0 Å². The first-order valence-corrected chi connectivity index (χ1v) is 9.43. The summed E-state index contributed by atoms with van der Waals surface area (Å²) in [6.45, 7) is 4.05. The van der Waals surface area contributed by atoms with Crippen molar-refractivity contribution in [2.45, 2.75) is 25.6 Å². The molecule has 1 atom stereocenters. The standard InChI is InChI=1S/C21H19N3O2S/c1-14-8-10-17(11-9-14)24-20(26)15(2)27-21(24)18(12-22)19(25)23-13-16-6-4-3-5-7-16/h3-11,15H,13H2,1-2H3,(H,23,25)/b21-18+. The Labute approximate surface area is 162 Å². The van der Waals surface area contributed by atoms with Crippen LogP contribution in [0.1, 0.15) is 18.1 Å². The van der Waals surface area contributed by atoms with E-state index < -0.39 is 5.91 Å². The molecule has 2 amide bonds. The lowest BCUT2D eigenvalue weighted by molar-refractivity contribution is -0.117. The normalized spacial score (nSPS) is 18.2. The Morgan fingerprint density at radius 3 is 2.48 bits per heavy atom. The fourth-order valence-corrected chi connectivity index (χ4v) is 3.82. The van der Waals surface area contributed by atoms with Crippen LogP contribution in [0.25, 0.3) is 0 Å². The molecular weight excluding hydrogens is 358 g/mol. The predicted octanol–water partition coefficient (Wildman–Crippen LogP) is 3.51. The van der Waals surface area contributed by atoms with E-state index in [1.165, 1.54) is 16.7 Å². The Kier molecular flexibility index (Phi) is 5.63. The minimum Gasteiger partial charge on any atom is -0.347 e. The van der Waals surface area contributed by atoms with Gasteiger partial charge >= 0.3 is 0 Å². The number of carbonyl (C=O) groups is 2. The van der Waals surface area contributed by atoms with Gasteiger partial charge in [0.15, 0.2) is 0 Å². The molecule has 2 aromatic rings. The lowest BCUT2D eigenvalue weighted by atomic mass is 10.2. The summed E-state index contributed by atoms with van der Waals surface area (Å²) in [4.78, 5) is 26.8. The first kappa shape index (κ1) is 18.7. The van der Waals surface area contributed by atoms with Crippen LogP contribution >= 0.6 is 11.8 Å². The number of carbonyl (C=O) groups excluding carboxylic acids is 2. The highest BCUT2D eigenvalue weighted by Gasteiger charge is 2.38. The fourth-order valence-electron chi connectivity index (χ4n) is 2.72. The highest BCUT2D eigenvalue weighted by atomic mass is 32.2. The van der Waals surface area contributed by atoms with Crippen LogP contribution < -0.4 is 10.2 Å². The zero-order chi connectivity index (χ0) is 19.4. The highest BCUT2D eigenvalue weighted by Crippen LogP contribution is 2.40. The SMILES string of the molecule is Cc1ccc(N2C(=O)C(C)S/C2=C(\C#N)C(=O)NCc2ccccc2)cc1. The molecule has 0 bridgehead atoms. The third-order valence-corrected chi connectivity index (χ3v) is 5.37. The number of hydrogen-bond acceptors (Lipinski definition) is 4. The minimum atomic E-state index is -0.483. The van der Waals surface area contributed by atoms with Crippen LogP contribution in [-0.2, 0) is 16.1 Å². The second-order valence-electron chi connectivity index (χ2n) is 6.23. The molecule has 0 radical (unpaired) electrons. The van der Waals surface area contributed by atoms with Gasteiger partial charge in [-0.25, -0.2) is 0 Å². The van der Waals surface area contributed by atoms with E-state index in [0.717, 1.165) is 11.1 Å². The number of nitrogens with zero attached hydrogens (tertiary/aromatic N) is 2.